The second kappa shape index (κ2) is 10.3. The molecule has 1 N–H and O–H groups in total. The summed E-state index contributed by atoms with van der Waals surface area (Å²) in [5, 5.41) is 2.62. The molecule has 0 aromatic rings. The Labute approximate surface area is 96.5 Å². The molecule has 0 radical (unpaired) electrons. The third kappa shape index (κ3) is 9.30. The average Bonchev–Trinajstić information content (AvgIpc) is 2.31. The van der Waals surface area contributed by atoms with Crippen molar-refractivity contribution < 1.29 is 19.1 Å². The molecule has 5 heteroatoms. The molecule has 5 nitrogen and oxygen atoms in total. The Kier molecular flexibility index (Phi) is 9.46. The number of esters is 1. The summed E-state index contributed by atoms with van der Waals surface area (Å²) in [6.07, 6.45) is 5.06. The highest BCUT2D eigenvalue weighted by atomic mass is 16.5. The lowest BCUT2D eigenvalue weighted by atomic mass is 10.1. The maximum Gasteiger partial charge on any atom is 0.406 e. The summed E-state index contributed by atoms with van der Waals surface area (Å²) in [5.41, 5.74) is 0. The molecule has 0 saturated carbocycles. The highest BCUT2D eigenvalue weighted by Crippen LogP contribution is 2.05. The number of ether oxygens (including phenoxy) is 2. The van der Waals surface area contributed by atoms with Crippen LogP contribution in [0.25, 0.3) is 0 Å². The molecular weight excluding hydrogens is 210 g/mol. The van der Waals surface area contributed by atoms with E-state index in [0.29, 0.717) is 13.0 Å². The van der Waals surface area contributed by atoms with Gasteiger partial charge in [0.25, 0.3) is 0 Å². The molecule has 1 amide bonds. The number of carbonyl (C=O) groups is 2. The van der Waals surface area contributed by atoms with Crippen LogP contribution in [0.1, 0.15) is 38.5 Å². The molecule has 0 heterocycles. The number of carbonyl (C=O) groups excluding carboxylic acids is 2. The molecule has 16 heavy (non-hydrogen) atoms. The second-order valence-corrected chi connectivity index (χ2v) is 3.51. The third-order valence-electron chi connectivity index (χ3n) is 2.24. The predicted molar refractivity (Wildman–Crippen MR) is 60.1 cm³/mol. The lowest BCUT2D eigenvalue weighted by Gasteiger charge is -2.03. The van der Waals surface area contributed by atoms with E-state index in [9.17, 15) is 9.59 Å². The summed E-state index contributed by atoms with van der Waals surface area (Å²) in [7, 11) is 2.75. The minimum atomic E-state index is -0.384. The number of rotatable bonds is 8. The Balaban J connectivity index is 3.10. The van der Waals surface area contributed by atoms with E-state index in [2.05, 4.69) is 14.8 Å². The molecule has 0 aliphatic carbocycles. The molecular formula is C11H21NO4. The minimum absolute atomic E-state index is 0.146. The summed E-state index contributed by atoms with van der Waals surface area (Å²) in [6.45, 7) is 0.643. The Morgan fingerprint density at radius 3 is 2.19 bits per heavy atom. The lowest BCUT2D eigenvalue weighted by molar-refractivity contribution is -0.140. The molecule has 94 valence electrons. The van der Waals surface area contributed by atoms with Crippen molar-refractivity contribution in [1.29, 1.82) is 0 Å². The van der Waals surface area contributed by atoms with Gasteiger partial charge >= 0.3 is 12.1 Å². The summed E-state index contributed by atoms with van der Waals surface area (Å²) in [4.78, 5) is 21.4. The van der Waals surface area contributed by atoms with Crippen molar-refractivity contribution in [2.75, 3.05) is 20.8 Å². The quantitative estimate of drug-likeness (QED) is 0.511. The van der Waals surface area contributed by atoms with Crippen molar-refractivity contribution in [3.8, 4) is 0 Å². The van der Waals surface area contributed by atoms with Crippen LogP contribution in [-0.2, 0) is 14.3 Å². The van der Waals surface area contributed by atoms with Crippen molar-refractivity contribution in [1.82, 2.24) is 5.32 Å². The van der Waals surface area contributed by atoms with Crippen LogP contribution in [0.4, 0.5) is 4.79 Å². The van der Waals surface area contributed by atoms with E-state index in [-0.39, 0.29) is 12.1 Å². The average molecular weight is 231 g/mol. The van der Waals surface area contributed by atoms with Crippen molar-refractivity contribution in [2.45, 2.75) is 38.5 Å². The second-order valence-electron chi connectivity index (χ2n) is 3.51. The van der Waals surface area contributed by atoms with Crippen LogP contribution >= 0.6 is 0 Å². The number of methoxy groups -OCH3 is 2. The molecule has 0 spiro atoms. The van der Waals surface area contributed by atoms with E-state index in [1.165, 1.54) is 14.2 Å². The molecule has 0 aromatic heterocycles. The summed E-state index contributed by atoms with van der Waals surface area (Å²) < 4.78 is 8.97. The van der Waals surface area contributed by atoms with Crippen LogP contribution in [0.5, 0.6) is 0 Å². The number of hydrogen-bond acceptors (Lipinski definition) is 4. The van der Waals surface area contributed by atoms with Gasteiger partial charge in [0.2, 0.25) is 0 Å². The van der Waals surface area contributed by atoms with Crippen LogP contribution in [0, 0.1) is 0 Å². The number of unbranched alkanes of at least 4 members (excludes halogenated alkanes) is 4. The molecule has 0 aliphatic heterocycles. The number of nitrogens with one attached hydrogen (secondary N) is 1. The summed E-state index contributed by atoms with van der Waals surface area (Å²) in [6, 6.07) is 0. The molecule has 0 atom stereocenters. The zero-order valence-corrected chi connectivity index (χ0v) is 10.1. The van der Waals surface area contributed by atoms with E-state index < -0.39 is 0 Å². The molecule has 0 fully saturated rings. The molecule has 0 bridgehead atoms. The van der Waals surface area contributed by atoms with Gasteiger partial charge in [0.05, 0.1) is 14.2 Å². The highest BCUT2D eigenvalue weighted by molar-refractivity contribution is 5.69. The smallest absolute Gasteiger partial charge is 0.406 e. The Morgan fingerprint density at radius 1 is 0.938 bits per heavy atom. The monoisotopic (exact) mass is 231 g/mol. The number of alkyl carbamates (subject to hydrolysis) is 1. The number of amides is 1. The van der Waals surface area contributed by atoms with Crippen LogP contribution in [0.3, 0.4) is 0 Å². The van der Waals surface area contributed by atoms with Gasteiger partial charge in [0.1, 0.15) is 0 Å². The number of hydrogen-bond donors (Lipinski definition) is 1. The zero-order chi connectivity index (χ0) is 12.2. The Morgan fingerprint density at radius 2 is 1.56 bits per heavy atom. The van der Waals surface area contributed by atoms with Crippen molar-refractivity contribution in [3.05, 3.63) is 0 Å². The van der Waals surface area contributed by atoms with E-state index in [1.54, 1.807) is 0 Å². The summed E-state index contributed by atoms with van der Waals surface area (Å²) >= 11 is 0. The molecule has 0 aliphatic rings. The van der Waals surface area contributed by atoms with Gasteiger partial charge in [-0.2, -0.15) is 0 Å². The van der Waals surface area contributed by atoms with Crippen molar-refractivity contribution in [3.63, 3.8) is 0 Å². The largest absolute Gasteiger partial charge is 0.469 e. The van der Waals surface area contributed by atoms with Gasteiger partial charge in [-0.15, -0.1) is 0 Å². The highest BCUT2D eigenvalue weighted by Gasteiger charge is 1.99. The van der Waals surface area contributed by atoms with Crippen LogP contribution in [0.2, 0.25) is 0 Å². The van der Waals surface area contributed by atoms with Crippen molar-refractivity contribution in [2.24, 2.45) is 0 Å². The molecule has 0 aromatic carbocycles. The lowest BCUT2D eigenvalue weighted by Crippen LogP contribution is -2.23. The van der Waals surface area contributed by atoms with Gasteiger partial charge in [-0.25, -0.2) is 4.79 Å². The fourth-order valence-electron chi connectivity index (χ4n) is 1.29. The molecule has 0 unspecified atom stereocenters. The van der Waals surface area contributed by atoms with E-state index in [0.717, 1.165) is 32.1 Å². The maximum atomic E-state index is 10.8. The van der Waals surface area contributed by atoms with Gasteiger partial charge < -0.3 is 14.8 Å². The first-order chi connectivity index (χ1) is 7.70. The minimum Gasteiger partial charge on any atom is -0.469 e. The van der Waals surface area contributed by atoms with Crippen LogP contribution in [-0.4, -0.2) is 32.8 Å². The summed E-state index contributed by atoms with van der Waals surface area (Å²) in [5.74, 6) is -0.146. The van der Waals surface area contributed by atoms with Crippen LogP contribution < -0.4 is 5.32 Å². The van der Waals surface area contributed by atoms with Gasteiger partial charge in [-0.1, -0.05) is 19.3 Å². The zero-order valence-electron chi connectivity index (χ0n) is 10.1. The van der Waals surface area contributed by atoms with Crippen LogP contribution in [0.15, 0.2) is 0 Å². The Hall–Kier alpha value is -1.26. The standard InChI is InChI=1S/C11H21NO4/c1-15-10(13)8-6-4-3-5-7-9-12-11(14)16-2/h3-9H2,1-2H3,(H,12,14). The topological polar surface area (TPSA) is 64.6 Å². The van der Waals surface area contributed by atoms with E-state index >= 15 is 0 Å². The maximum absolute atomic E-state index is 10.8. The molecule has 0 rings (SSSR count). The van der Waals surface area contributed by atoms with E-state index in [1.807, 2.05) is 0 Å². The molecule has 0 saturated heterocycles. The Bertz CT molecular complexity index is 184. The van der Waals surface area contributed by atoms with Crippen molar-refractivity contribution >= 4 is 12.1 Å². The fourth-order valence-corrected chi connectivity index (χ4v) is 1.29. The SMILES string of the molecule is COC(=O)CCCCCCCNC(=O)OC. The predicted octanol–water partition coefficient (Wildman–Crippen LogP) is 1.86. The van der Waals surface area contributed by atoms with Gasteiger partial charge in [-0.05, 0) is 12.8 Å². The van der Waals surface area contributed by atoms with E-state index in [4.69, 9.17) is 0 Å². The first kappa shape index (κ1) is 14.7. The van der Waals surface area contributed by atoms with Gasteiger partial charge in [0.15, 0.2) is 0 Å². The van der Waals surface area contributed by atoms with Gasteiger partial charge in [0, 0.05) is 13.0 Å². The fraction of sp³-hybridized carbons (Fsp3) is 0.818. The first-order valence-electron chi connectivity index (χ1n) is 5.59. The normalized spacial score (nSPS) is 9.62. The first-order valence-corrected chi connectivity index (χ1v) is 5.59. The van der Waals surface area contributed by atoms with Gasteiger partial charge in [-0.3, -0.25) is 4.79 Å². The third-order valence-corrected chi connectivity index (χ3v) is 2.24.